The maximum atomic E-state index is 10.3. The number of fused-ring (bicyclic) bond motifs is 8. The van der Waals surface area contributed by atoms with Gasteiger partial charge in [-0.1, -0.05) is 97.8 Å². The van der Waals surface area contributed by atoms with Crippen molar-refractivity contribution in [1.29, 1.82) is 0 Å². The molecule has 7 aromatic rings. The summed E-state index contributed by atoms with van der Waals surface area (Å²) in [4.78, 5) is 18.4. The summed E-state index contributed by atoms with van der Waals surface area (Å²) in [5.74, 6) is 0.968. The zero-order valence-corrected chi connectivity index (χ0v) is 36.0. The van der Waals surface area contributed by atoms with Crippen molar-refractivity contribution in [2.45, 2.75) is 34.6 Å². The van der Waals surface area contributed by atoms with Crippen LogP contribution >= 0.6 is 0 Å². The second-order valence-electron chi connectivity index (χ2n) is 15.0. The Bertz CT molecular complexity index is 2880. The minimum Gasteiger partial charge on any atom is -0.508 e. The predicted molar refractivity (Wildman–Crippen MR) is 256 cm³/mol. The van der Waals surface area contributed by atoms with Gasteiger partial charge in [0.15, 0.2) is 0 Å². The summed E-state index contributed by atoms with van der Waals surface area (Å²) in [5.41, 5.74) is 17.2. The third-order valence-electron chi connectivity index (χ3n) is 10.7. The number of hydrogen-bond donors (Lipinski definition) is 3. The third-order valence-corrected chi connectivity index (χ3v) is 10.7. The van der Waals surface area contributed by atoms with Crippen molar-refractivity contribution in [1.82, 2.24) is 19.9 Å². The summed E-state index contributed by atoms with van der Waals surface area (Å²) in [5, 5.41) is 10.3. The van der Waals surface area contributed by atoms with Gasteiger partial charge in [0.05, 0.1) is 42.6 Å². The van der Waals surface area contributed by atoms with Crippen molar-refractivity contribution in [2.75, 3.05) is 33.0 Å². The standard InChI is InChI=1S/C52H46N4O4.C2H6/c1-4-58-27-28-59-29-30-60-40-17-13-36(14-18-40)50-43-21-25-47(55-43)51(37-9-5-7-33(2)31-37)45-23-19-41(53-45)49(35-11-15-39(57)16-12-35)42-20-24-46(54-42)52(48-26-22-44(50)56-48)38-10-6-8-34(3)32-38;1-2/h5-26,31-32,53,56-57H,4,27-30H2,1-3H3;1-2H3. The molecule has 312 valence electrons. The van der Waals surface area contributed by atoms with Gasteiger partial charge in [-0.25, -0.2) is 9.97 Å². The van der Waals surface area contributed by atoms with E-state index in [0.717, 1.165) is 106 Å². The van der Waals surface area contributed by atoms with E-state index in [0.29, 0.717) is 33.0 Å². The molecule has 0 aliphatic carbocycles. The summed E-state index contributed by atoms with van der Waals surface area (Å²) in [6, 6.07) is 41.1. The summed E-state index contributed by atoms with van der Waals surface area (Å²) in [7, 11) is 0. The van der Waals surface area contributed by atoms with Crippen LogP contribution in [0.1, 0.15) is 54.7 Å². The van der Waals surface area contributed by atoms with Crippen LogP contribution in [0.5, 0.6) is 11.5 Å². The molecule has 3 N–H and O–H groups in total. The predicted octanol–water partition coefficient (Wildman–Crippen LogP) is 13.1. The van der Waals surface area contributed by atoms with Gasteiger partial charge in [0.1, 0.15) is 18.1 Å². The number of nitrogens with one attached hydrogen (secondary N) is 2. The summed E-state index contributed by atoms with van der Waals surface area (Å²) >= 11 is 0. The lowest BCUT2D eigenvalue weighted by Crippen LogP contribution is -2.10. The second kappa shape index (κ2) is 19.1. The van der Waals surface area contributed by atoms with Crippen LogP contribution in [0.3, 0.4) is 0 Å². The van der Waals surface area contributed by atoms with Gasteiger partial charge in [-0.3, -0.25) is 0 Å². The molecule has 62 heavy (non-hydrogen) atoms. The van der Waals surface area contributed by atoms with E-state index in [1.807, 2.05) is 45.0 Å². The largest absolute Gasteiger partial charge is 0.508 e. The van der Waals surface area contributed by atoms with Gasteiger partial charge in [-0.15, -0.1) is 0 Å². The number of benzene rings is 4. The number of H-pyrrole nitrogens is 2. The maximum absolute atomic E-state index is 10.3. The van der Waals surface area contributed by atoms with E-state index < -0.39 is 0 Å². The van der Waals surface area contributed by atoms with E-state index >= 15 is 0 Å². The van der Waals surface area contributed by atoms with Crippen LogP contribution in [-0.4, -0.2) is 58.1 Å². The van der Waals surface area contributed by atoms with E-state index in [-0.39, 0.29) is 5.75 Å². The first-order valence-corrected chi connectivity index (χ1v) is 21.4. The third kappa shape index (κ3) is 9.03. The van der Waals surface area contributed by atoms with Crippen molar-refractivity contribution in [3.05, 3.63) is 155 Å². The molecule has 9 rings (SSSR count). The Balaban J connectivity index is 0.00000261. The molecule has 0 fully saturated rings. The lowest BCUT2D eigenvalue weighted by molar-refractivity contribution is 0.0405. The number of aromatic hydroxyl groups is 1. The minimum atomic E-state index is 0.206. The van der Waals surface area contributed by atoms with Crippen molar-refractivity contribution in [3.63, 3.8) is 0 Å². The monoisotopic (exact) mass is 820 g/mol. The first kappa shape index (κ1) is 41.7. The Morgan fingerprint density at radius 2 is 0.871 bits per heavy atom. The van der Waals surface area contributed by atoms with E-state index in [9.17, 15) is 5.11 Å². The molecular formula is C54H52N4O4. The van der Waals surface area contributed by atoms with Crippen LogP contribution in [0.25, 0.3) is 90.9 Å². The van der Waals surface area contributed by atoms with E-state index in [1.165, 1.54) is 0 Å². The molecular weight excluding hydrogens is 769 g/mol. The number of phenols is 1. The smallest absolute Gasteiger partial charge is 0.119 e. The fourth-order valence-corrected chi connectivity index (χ4v) is 7.95. The van der Waals surface area contributed by atoms with Crippen LogP contribution in [0.4, 0.5) is 0 Å². The van der Waals surface area contributed by atoms with Crippen molar-refractivity contribution < 1.29 is 19.3 Å². The first-order chi connectivity index (χ1) is 30.4. The Morgan fingerprint density at radius 3 is 1.31 bits per heavy atom. The van der Waals surface area contributed by atoms with Gasteiger partial charge < -0.3 is 29.3 Å². The van der Waals surface area contributed by atoms with Crippen LogP contribution in [0.15, 0.2) is 121 Å². The molecule has 3 aromatic heterocycles. The van der Waals surface area contributed by atoms with Gasteiger partial charge in [0, 0.05) is 50.9 Å². The quantitative estimate of drug-likeness (QED) is 0.106. The van der Waals surface area contributed by atoms with E-state index in [1.54, 1.807) is 12.1 Å². The molecule has 8 nitrogen and oxygen atoms in total. The van der Waals surface area contributed by atoms with Crippen LogP contribution in [0, 0.1) is 13.8 Å². The summed E-state index contributed by atoms with van der Waals surface area (Å²) < 4.78 is 17.1. The van der Waals surface area contributed by atoms with Crippen LogP contribution in [0.2, 0.25) is 0 Å². The van der Waals surface area contributed by atoms with Crippen molar-refractivity contribution in [2.24, 2.45) is 0 Å². The normalized spacial score (nSPS) is 11.7. The number of aromatic nitrogens is 4. The average molecular weight is 821 g/mol. The van der Waals surface area contributed by atoms with Crippen LogP contribution in [-0.2, 0) is 9.47 Å². The number of aromatic amines is 2. The Morgan fingerprint density at radius 1 is 0.468 bits per heavy atom. The van der Waals surface area contributed by atoms with Gasteiger partial charge in [0.2, 0.25) is 0 Å². The minimum absolute atomic E-state index is 0.206. The zero-order valence-electron chi connectivity index (χ0n) is 36.0. The fraction of sp³-hybridized carbons (Fsp3) is 0.185. The van der Waals surface area contributed by atoms with Gasteiger partial charge in [-0.2, -0.15) is 0 Å². The number of hydrogen-bond acceptors (Lipinski definition) is 6. The topological polar surface area (TPSA) is 105 Å². The Hall–Kier alpha value is -7.00. The molecule has 5 heterocycles. The molecule has 0 atom stereocenters. The molecule has 0 unspecified atom stereocenters. The SMILES string of the molecule is CC.CCOCCOCCOc1ccc(-c2c3nc(c(-c4cccc(C)c4)c4ccc([nH]4)c(-c4ccc(O)cc4)c4nc(c(-c5cccc(C)c5)c5ccc2[nH]5)C=C4)C=C3)cc1. The zero-order chi connectivity index (χ0) is 43.0. The van der Waals surface area contributed by atoms with E-state index in [2.05, 4.69) is 133 Å². The second-order valence-corrected chi connectivity index (χ2v) is 15.0. The highest BCUT2D eigenvalue weighted by atomic mass is 16.5. The van der Waals surface area contributed by atoms with Crippen molar-refractivity contribution in [3.8, 4) is 56.0 Å². The Labute approximate surface area is 363 Å². The number of ether oxygens (including phenoxy) is 3. The van der Waals surface area contributed by atoms with Gasteiger partial charge in [-0.05, 0) is 116 Å². The summed E-state index contributed by atoms with van der Waals surface area (Å²) in [6.07, 6.45) is 8.40. The molecule has 0 amide bonds. The fourth-order valence-electron chi connectivity index (χ4n) is 7.95. The number of nitrogens with zero attached hydrogens (tertiary/aromatic N) is 2. The molecule has 8 heteroatoms. The number of rotatable bonds is 12. The Kier molecular flexibility index (Phi) is 12.9. The molecule has 2 aliphatic rings. The van der Waals surface area contributed by atoms with Crippen molar-refractivity contribution >= 4 is 46.4 Å². The summed E-state index contributed by atoms with van der Waals surface area (Å²) in [6.45, 7) is 12.9. The molecule has 8 bridgehead atoms. The lowest BCUT2D eigenvalue weighted by Gasteiger charge is -2.09. The molecule has 4 aromatic carbocycles. The highest BCUT2D eigenvalue weighted by molar-refractivity contribution is 6.00. The average Bonchev–Trinajstić information content (AvgIpc) is 4.14. The number of aryl methyl sites for hydroxylation is 2. The molecule has 0 saturated carbocycles. The van der Waals surface area contributed by atoms with E-state index in [4.69, 9.17) is 24.2 Å². The lowest BCUT2D eigenvalue weighted by atomic mass is 10.0. The molecule has 0 spiro atoms. The highest BCUT2D eigenvalue weighted by Crippen LogP contribution is 2.39. The van der Waals surface area contributed by atoms with Crippen LogP contribution < -0.4 is 4.74 Å². The van der Waals surface area contributed by atoms with Gasteiger partial charge in [0.25, 0.3) is 0 Å². The first-order valence-electron chi connectivity index (χ1n) is 21.4. The highest BCUT2D eigenvalue weighted by Gasteiger charge is 2.19. The molecule has 2 aliphatic heterocycles. The molecule has 0 radical (unpaired) electrons. The number of phenolic OH excluding ortho intramolecular Hbond substituents is 1. The molecule has 0 saturated heterocycles. The maximum Gasteiger partial charge on any atom is 0.119 e. The van der Waals surface area contributed by atoms with Gasteiger partial charge >= 0.3 is 0 Å².